The molecule has 1 heterocycles. The second kappa shape index (κ2) is 12.0. The Morgan fingerprint density at radius 2 is 1.88 bits per heavy atom. The summed E-state index contributed by atoms with van der Waals surface area (Å²) < 4.78 is 27.9. The topological polar surface area (TPSA) is 81.0 Å². The molecule has 1 saturated heterocycles. The fourth-order valence-corrected chi connectivity index (χ4v) is 7.64. The molecule has 1 saturated carbocycles. The first-order valence-corrected chi connectivity index (χ1v) is 15.1. The molecule has 5 atom stereocenters. The molecule has 6 rings (SSSR count). The van der Waals surface area contributed by atoms with Gasteiger partial charge in [0.2, 0.25) is 0 Å². The maximum absolute atomic E-state index is 14.2. The number of benzene rings is 2. The quantitative estimate of drug-likeness (QED) is 0.320. The fraction of sp³-hybridized carbons (Fsp3) is 0.559. The van der Waals surface area contributed by atoms with Gasteiger partial charge in [-0.1, -0.05) is 30.7 Å². The summed E-state index contributed by atoms with van der Waals surface area (Å²) >= 11 is 0. The van der Waals surface area contributed by atoms with Crippen molar-refractivity contribution in [3.63, 3.8) is 0 Å². The number of aliphatic hydroxyl groups excluding tert-OH is 2. The largest absolute Gasteiger partial charge is 0.395 e. The number of nitrogens with zero attached hydrogens (tertiary/aromatic N) is 1. The number of hydrogen-bond donors (Lipinski definition) is 3. The first-order valence-electron chi connectivity index (χ1n) is 15.1. The predicted octanol–water partition coefficient (Wildman–Crippen LogP) is 5.69. The SMILES string of the molecule is CC1=CCC[C@@]2(C)[C@@H](CC[C@@]2(O)CN2CCC[C@H]2CO)c2ccc(cc2C(=O)c2ccc(F)c(F)c2)C[C@@H](O)CC1. The third-order valence-corrected chi connectivity index (χ3v) is 10.3. The van der Waals surface area contributed by atoms with E-state index in [9.17, 15) is 28.9 Å². The maximum atomic E-state index is 14.2. The van der Waals surface area contributed by atoms with Gasteiger partial charge in [-0.2, -0.15) is 0 Å². The Balaban J connectivity index is 1.61. The molecule has 7 heteroatoms. The maximum Gasteiger partial charge on any atom is 0.193 e. The number of β-amino-alcohol motifs (C(OH)–C–C–N with tert-alkyl or cyclic N) is 1. The molecular weight excluding hydrogens is 524 g/mol. The Labute approximate surface area is 241 Å². The van der Waals surface area contributed by atoms with Crippen LogP contribution in [-0.2, 0) is 6.42 Å². The number of aliphatic hydroxyl groups is 3. The summed E-state index contributed by atoms with van der Waals surface area (Å²) in [5.41, 5.74) is 1.69. The number of ketones is 1. The zero-order valence-electron chi connectivity index (χ0n) is 24.2. The number of allylic oxidation sites excluding steroid dienone is 2. The van der Waals surface area contributed by atoms with Gasteiger partial charge in [0.05, 0.1) is 18.3 Å². The molecule has 0 radical (unpaired) electrons. The van der Waals surface area contributed by atoms with Crippen molar-refractivity contribution in [2.45, 2.75) is 95.3 Å². The molecule has 0 amide bonds. The molecule has 2 fully saturated rings. The lowest BCUT2D eigenvalue weighted by molar-refractivity contribution is -0.0875. The Kier molecular flexibility index (Phi) is 8.82. The zero-order valence-corrected chi connectivity index (χ0v) is 24.2. The fourth-order valence-electron chi connectivity index (χ4n) is 7.64. The monoisotopic (exact) mass is 567 g/mol. The second-order valence-electron chi connectivity index (χ2n) is 12.9. The molecule has 2 bridgehead atoms. The van der Waals surface area contributed by atoms with E-state index in [0.717, 1.165) is 55.5 Å². The number of halogens is 2. The molecule has 2 aromatic rings. The Morgan fingerprint density at radius 3 is 2.63 bits per heavy atom. The van der Waals surface area contributed by atoms with Gasteiger partial charge < -0.3 is 15.3 Å². The number of likely N-dealkylation sites (tertiary alicyclic amines) is 1. The number of carbonyl (C=O) groups is 1. The van der Waals surface area contributed by atoms with E-state index in [-0.39, 0.29) is 24.1 Å². The van der Waals surface area contributed by atoms with E-state index in [1.165, 1.54) is 11.6 Å². The first-order chi connectivity index (χ1) is 19.5. The van der Waals surface area contributed by atoms with Crippen molar-refractivity contribution in [2.24, 2.45) is 5.41 Å². The van der Waals surface area contributed by atoms with Gasteiger partial charge in [0.25, 0.3) is 0 Å². The van der Waals surface area contributed by atoms with Crippen molar-refractivity contribution < 1.29 is 28.9 Å². The Bertz CT molecular complexity index is 1310. The summed E-state index contributed by atoms with van der Waals surface area (Å²) in [6, 6.07) is 8.97. The van der Waals surface area contributed by atoms with Crippen molar-refractivity contribution in [3.05, 3.63) is 81.9 Å². The van der Waals surface area contributed by atoms with Crippen LogP contribution < -0.4 is 0 Å². The third-order valence-electron chi connectivity index (χ3n) is 10.3. The molecular formula is C34H43F2NO4. The van der Waals surface area contributed by atoms with Crippen molar-refractivity contribution in [2.75, 3.05) is 19.7 Å². The molecule has 3 aliphatic carbocycles. The molecule has 0 unspecified atom stereocenters. The van der Waals surface area contributed by atoms with Crippen molar-refractivity contribution >= 4 is 5.78 Å². The lowest BCUT2D eigenvalue weighted by Crippen LogP contribution is -2.53. The Morgan fingerprint density at radius 1 is 1.07 bits per heavy atom. The van der Waals surface area contributed by atoms with Crippen LogP contribution in [-0.4, -0.2) is 63.4 Å². The van der Waals surface area contributed by atoms with Crippen LogP contribution in [0.25, 0.3) is 0 Å². The van der Waals surface area contributed by atoms with Crippen LogP contribution in [0.15, 0.2) is 48.0 Å². The summed E-state index contributed by atoms with van der Waals surface area (Å²) in [4.78, 5) is 16.2. The van der Waals surface area contributed by atoms with E-state index < -0.39 is 34.5 Å². The smallest absolute Gasteiger partial charge is 0.193 e. The predicted molar refractivity (Wildman–Crippen MR) is 155 cm³/mol. The minimum atomic E-state index is -1.07. The highest BCUT2D eigenvalue weighted by molar-refractivity contribution is 6.10. The summed E-state index contributed by atoms with van der Waals surface area (Å²) in [6.07, 6.45) is 7.97. The van der Waals surface area contributed by atoms with Crippen molar-refractivity contribution in [1.82, 2.24) is 4.90 Å². The van der Waals surface area contributed by atoms with Crippen LogP contribution >= 0.6 is 0 Å². The average Bonchev–Trinajstić information content (AvgIpc) is 3.49. The van der Waals surface area contributed by atoms with Gasteiger partial charge in [0.1, 0.15) is 0 Å². The highest BCUT2D eigenvalue weighted by atomic mass is 19.2. The lowest BCUT2D eigenvalue weighted by atomic mass is 9.64. The molecule has 222 valence electrons. The van der Waals surface area contributed by atoms with E-state index >= 15 is 0 Å². The molecule has 2 aromatic carbocycles. The molecule has 0 spiro atoms. The van der Waals surface area contributed by atoms with Crippen molar-refractivity contribution in [3.8, 4) is 0 Å². The van der Waals surface area contributed by atoms with Gasteiger partial charge in [-0.25, -0.2) is 8.78 Å². The van der Waals surface area contributed by atoms with Crippen molar-refractivity contribution in [1.29, 1.82) is 0 Å². The van der Waals surface area contributed by atoms with Crippen LogP contribution in [0.3, 0.4) is 0 Å². The summed E-state index contributed by atoms with van der Waals surface area (Å²) in [7, 11) is 0. The normalized spacial score (nSPS) is 31.1. The summed E-state index contributed by atoms with van der Waals surface area (Å²) in [6.45, 7) is 5.59. The van der Waals surface area contributed by atoms with Crippen LogP contribution in [0.4, 0.5) is 8.78 Å². The van der Waals surface area contributed by atoms with E-state index in [2.05, 4.69) is 24.8 Å². The van der Waals surface area contributed by atoms with Gasteiger partial charge in [-0.3, -0.25) is 9.69 Å². The van der Waals surface area contributed by atoms with Crippen LogP contribution in [0.5, 0.6) is 0 Å². The zero-order chi connectivity index (χ0) is 29.4. The average molecular weight is 568 g/mol. The van der Waals surface area contributed by atoms with E-state index in [1.54, 1.807) is 6.07 Å². The van der Waals surface area contributed by atoms with Crippen LogP contribution in [0.1, 0.15) is 98.2 Å². The molecule has 3 N–H and O–H groups in total. The minimum Gasteiger partial charge on any atom is -0.395 e. The van der Waals surface area contributed by atoms with E-state index in [1.807, 2.05) is 12.1 Å². The van der Waals surface area contributed by atoms with Gasteiger partial charge in [-0.05, 0) is 113 Å². The highest BCUT2D eigenvalue weighted by Gasteiger charge is 2.57. The standard InChI is InChI=1S/C34H43F2NO4/c1-22-5-3-14-33(2)29(13-15-34(33,41)21-37-16-4-6-25(37)20-38)27-11-8-23(17-26(39)10-7-22)18-28(27)32(40)24-9-12-30(35)31(36)19-24/h5,8-9,11-12,18-19,25-26,29,38-39,41H,3-4,6-7,10,13-17,20-21H2,1-2H3/t25-,26-,29-,33-,34+/m0/s1. The van der Waals surface area contributed by atoms with Crippen LogP contribution in [0.2, 0.25) is 0 Å². The summed E-state index contributed by atoms with van der Waals surface area (Å²) in [5, 5.41) is 33.2. The molecule has 5 nitrogen and oxygen atoms in total. The molecule has 0 aromatic heterocycles. The van der Waals surface area contributed by atoms with Crippen LogP contribution in [0, 0.1) is 17.0 Å². The molecule has 1 aliphatic heterocycles. The number of rotatable bonds is 5. The first kappa shape index (κ1) is 30.0. The van der Waals surface area contributed by atoms with Gasteiger partial charge in [0.15, 0.2) is 17.4 Å². The highest BCUT2D eigenvalue weighted by Crippen LogP contribution is 2.59. The number of fused-ring (bicyclic) bond motifs is 8. The van der Waals surface area contributed by atoms with Gasteiger partial charge in [-0.15, -0.1) is 0 Å². The summed E-state index contributed by atoms with van der Waals surface area (Å²) in [5.74, 6) is -2.62. The number of hydrogen-bond acceptors (Lipinski definition) is 5. The van der Waals surface area contributed by atoms with Gasteiger partial charge >= 0.3 is 0 Å². The molecule has 4 aliphatic rings. The second-order valence-corrected chi connectivity index (χ2v) is 12.9. The Hall–Kier alpha value is -2.45. The molecule has 41 heavy (non-hydrogen) atoms. The van der Waals surface area contributed by atoms with E-state index in [0.29, 0.717) is 44.2 Å². The number of carbonyl (C=O) groups excluding carboxylic acids is 1. The third kappa shape index (κ3) is 5.92. The minimum absolute atomic E-state index is 0.0403. The van der Waals surface area contributed by atoms with E-state index in [4.69, 9.17) is 0 Å². The lowest BCUT2D eigenvalue weighted by Gasteiger charge is -2.46. The van der Waals surface area contributed by atoms with Gasteiger partial charge in [0, 0.05) is 29.1 Å².